The van der Waals surface area contributed by atoms with Crippen LogP contribution in [0.4, 0.5) is 5.82 Å². The molecule has 0 saturated heterocycles. The molecular formula is C23H20N2O2S. The van der Waals surface area contributed by atoms with Crippen LogP contribution < -0.4 is 10.1 Å². The molecule has 0 spiro atoms. The van der Waals surface area contributed by atoms with Gasteiger partial charge in [-0.15, -0.1) is 11.3 Å². The molecule has 0 bridgehead atoms. The lowest BCUT2D eigenvalue weighted by atomic mass is 10.1. The van der Waals surface area contributed by atoms with E-state index >= 15 is 0 Å². The van der Waals surface area contributed by atoms with Gasteiger partial charge in [-0.2, -0.15) is 0 Å². The Bertz CT molecular complexity index is 1150. The molecule has 2 aromatic heterocycles. The number of nitrogens with one attached hydrogen (secondary N) is 1. The molecule has 4 nitrogen and oxygen atoms in total. The average molecular weight is 388 g/mol. The maximum absolute atomic E-state index is 12.8. The minimum absolute atomic E-state index is 0.210. The number of amides is 1. The molecule has 4 rings (SSSR count). The van der Waals surface area contributed by atoms with Gasteiger partial charge in [0.25, 0.3) is 5.91 Å². The van der Waals surface area contributed by atoms with E-state index in [1.807, 2.05) is 50.2 Å². The fraction of sp³-hybridized carbons (Fsp3) is 0.130. The molecule has 5 heteroatoms. The molecular weight excluding hydrogens is 368 g/mol. The lowest BCUT2D eigenvalue weighted by Gasteiger charge is -2.11. The SMILES string of the molecule is Cc1ccc(Oc2cc(C(=O)Nc3ccc(C)cn3)cc3scc(C)c23)cc1. The first-order chi connectivity index (χ1) is 13.5. The third-order valence-corrected chi connectivity index (χ3v) is 5.53. The molecule has 0 aliphatic rings. The second-order valence-electron chi connectivity index (χ2n) is 6.86. The van der Waals surface area contributed by atoms with E-state index in [4.69, 9.17) is 4.74 Å². The number of thiophene rings is 1. The highest BCUT2D eigenvalue weighted by atomic mass is 32.1. The van der Waals surface area contributed by atoms with Crippen LogP contribution in [-0.2, 0) is 0 Å². The second-order valence-corrected chi connectivity index (χ2v) is 7.77. The standard InChI is InChI=1S/C23H20N2O2S/c1-14-4-7-18(8-5-14)27-19-10-17(11-20-22(19)16(3)13-28-20)23(26)25-21-9-6-15(2)12-24-21/h4-13H,1-3H3,(H,24,25,26). The third-order valence-electron chi connectivity index (χ3n) is 4.49. The predicted octanol–water partition coefficient (Wildman–Crippen LogP) is 6.27. The summed E-state index contributed by atoms with van der Waals surface area (Å²) in [4.78, 5) is 17.0. The van der Waals surface area contributed by atoms with E-state index in [2.05, 4.69) is 22.6 Å². The summed E-state index contributed by atoms with van der Waals surface area (Å²) < 4.78 is 7.17. The number of ether oxygens (including phenoxy) is 1. The van der Waals surface area contributed by atoms with Gasteiger partial charge >= 0.3 is 0 Å². The number of aryl methyl sites for hydroxylation is 3. The van der Waals surface area contributed by atoms with Crippen LogP contribution >= 0.6 is 11.3 Å². The highest BCUT2D eigenvalue weighted by Crippen LogP contribution is 2.37. The van der Waals surface area contributed by atoms with Gasteiger partial charge in [-0.1, -0.05) is 23.8 Å². The number of benzene rings is 2. The van der Waals surface area contributed by atoms with Crippen molar-refractivity contribution in [3.63, 3.8) is 0 Å². The Morgan fingerprint density at radius 2 is 1.75 bits per heavy atom. The van der Waals surface area contributed by atoms with Gasteiger partial charge in [0, 0.05) is 21.8 Å². The zero-order valence-corrected chi connectivity index (χ0v) is 16.8. The number of nitrogens with zero attached hydrogens (tertiary/aromatic N) is 1. The molecule has 4 aromatic rings. The number of anilines is 1. The van der Waals surface area contributed by atoms with Crippen molar-refractivity contribution in [2.24, 2.45) is 0 Å². The minimum Gasteiger partial charge on any atom is -0.457 e. The third kappa shape index (κ3) is 3.75. The number of carbonyl (C=O) groups excluding carboxylic acids is 1. The molecule has 0 unspecified atom stereocenters. The van der Waals surface area contributed by atoms with Gasteiger partial charge < -0.3 is 10.1 Å². The summed E-state index contributed by atoms with van der Waals surface area (Å²) in [5.74, 6) is 1.74. The maximum atomic E-state index is 12.8. The Balaban J connectivity index is 1.70. The van der Waals surface area contributed by atoms with Gasteiger partial charge in [0.2, 0.25) is 0 Å². The molecule has 0 aliphatic heterocycles. The molecule has 28 heavy (non-hydrogen) atoms. The van der Waals surface area contributed by atoms with Gasteiger partial charge in [0.15, 0.2) is 0 Å². The minimum atomic E-state index is -0.210. The quantitative estimate of drug-likeness (QED) is 0.448. The molecule has 2 aromatic carbocycles. The van der Waals surface area contributed by atoms with Gasteiger partial charge in [-0.05, 0) is 67.6 Å². The predicted molar refractivity (Wildman–Crippen MR) is 115 cm³/mol. The van der Waals surface area contributed by atoms with Crippen molar-refractivity contribution in [1.29, 1.82) is 0 Å². The van der Waals surface area contributed by atoms with Gasteiger partial charge in [0.05, 0.1) is 0 Å². The summed E-state index contributed by atoms with van der Waals surface area (Å²) >= 11 is 1.61. The fourth-order valence-electron chi connectivity index (χ4n) is 2.96. The van der Waals surface area contributed by atoms with Crippen molar-refractivity contribution in [3.8, 4) is 11.5 Å². The van der Waals surface area contributed by atoms with Crippen LogP contribution in [0.1, 0.15) is 27.0 Å². The summed E-state index contributed by atoms with van der Waals surface area (Å²) in [5.41, 5.74) is 3.89. The van der Waals surface area contributed by atoms with E-state index in [9.17, 15) is 4.79 Å². The summed E-state index contributed by atoms with van der Waals surface area (Å²) in [7, 11) is 0. The number of fused-ring (bicyclic) bond motifs is 1. The Kier molecular flexibility index (Phi) is 4.84. The van der Waals surface area contributed by atoms with Crippen LogP contribution in [0.25, 0.3) is 10.1 Å². The van der Waals surface area contributed by atoms with E-state index in [-0.39, 0.29) is 5.91 Å². The van der Waals surface area contributed by atoms with E-state index < -0.39 is 0 Å². The van der Waals surface area contributed by atoms with Crippen LogP contribution in [0.5, 0.6) is 11.5 Å². The van der Waals surface area contributed by atoms with Crippen LogP contribution in [0, 0.1) is 20.8 Å². The fourth-order valence-corrected chi connectivity index (χ4v) is 3.95. The maximum Gasteiger partial charge on any atom is 0.257 e. The summed E-state index contributed by atoms with van der Waals surface area (Å²) in [6, 6.07) is 15.3. The zero-order chi connectivity index (χ0) is 19.7. The molecule has 1 N–H and O–H groups in total. The van der Waals surface area contributed by atoms with Crippen molar-refractivity contribution in [1.82, 2.24) is 4.98 Å². The summed E-state index contributed by atoms with van der Waals surface area (Å²) in [5, 5.41) is 5.97. The largest absolute Gasteiger partial charge is 0.457 e. The van der Waals surface area contributed by atoms with Crippen molar-refractivity contribution in [2.75, 3.05) is 5.32 Å². The van der Waals surface area contributed by atoms with Gasteiger partial charge in [0.1, 0.15) is 17.3 Å². The first-order valence-electron chi connectivity index (χ1n) is 9.00. The first-order valence-corrected chi connectivity index (χ1v) is 9.88. The van der Waals surface area contributed by atoms with Crippen LogP contribution in [0.2, 0.25) is 0 Å². The van der Waals surface area contributed by atoms with Crippen LogP contribution in [-0.4, -0.2) is 10.9 Å². The van der Waals surface area contributed by atoms with Crippen molar-refractivity contribution < 1.29 is 9.53 Å². The Hall–Kier alpha value is -3.18. The first kappa shape index (κ1) is 18.2. The Labute approximate surface area is 167 Å². The normalized spacial score (nSPS) is 10.8. The molecule has 1 amide bonds. The second kappa shape index (κ2) is 7.44. The van der Waals surface area contributed by atoms with E-state index in [1.165, 1.54) is 5.56 Å². The van der Waals surface area contributed by atoms with Gasteiger partial charge in [-0.3, -0.25) is 4.79 Å². The highest BCUT2D eigenvalue weighted by Gasteiger charge is 2.15. The molecule has 0 atom stereocenters. The molecule has 0 saturated carbocycles. The summed E-state index contributed by atoms with van der Waals surface area (Å²) in [6.07, 6.45) is 1.73. The lowest BCUT2D eigenvalue weighted by molar-refractivity contribution is 0.102. The topological polar surface area (TPSA) is 51.2 Å². The highest BCUT2D eigenvalue weighted by molar-refractivity contribution is 7.17. The smallest absolute Gasteiger partial charge is 0.257 e. The molecule has 2 heterocycles. The van der Waals surface area contributed by atoms with Crippen LogP contribution in [0.15, 0.2) is 60.1 Å². The number of rotatable bonds is 4. The van der Waals surface area contributed by atoms with Crippen molar-refractivity contribution in [3.05, 3.63) is 82.4 Å². The van der Waals surface area contributed by atoms with E-state index in [1.54, 1.807) is 29.7 Å². The van der Waals surface area contributed by atoms with Gasteiger partial charge in [-0.25, -0.2) is 4.98 Å². The number of hydrogen-bond acceptors (Lipinski definition) is 4. The van der Waals surface area contributed by atoms with Crippen molar-refractivity contribution >= 4 is 33.1 Å². The molecule has 0 fully saturated rings. The lowest BCUT2D eigenvalue weighted by Crippen LogP contribution is -2.13. The Morgan fingerprint density at radius 1 is 1.00 bits per heavy atom. The summed E-state index contributed by atoms with van der Waals surface area (Å²) in [6.45, 7) is 6.05. The number of hydrogen-bond donors (Lipinski definition) is 1. The zero-order valence-electron chi connectivity index (χ0n) is 15.9. The monoisotopic (exact) mass is 388 g/mol. The van der Waals surface area contributed by atoms with Crippen molar-refractivity contribution in [2.45, 2.75) is 20.8 Å². The van der Waals surface area contributed by atoms with E-state index in [0.29, 0.717) is 17.1 Å². The molecule has 0 radical (unpaired) electrons. The number of aromatic nitrogens is 1. The van der Waals surface area contributed by atoms with E-state index in [0.717, 1.165) is 27.0 Å². The molecule has 0 aliphatic carbocycles. The number of pyridine rings is 1. The number of carbonyl (C=O) groups is 1. The molecule has 140 valence electrons. The average Bonchev–Trinajstić information content (AvgIpc) is 3.06. The van der Waals surface area contributed by atoms with Crippen LogP contribution in [0.3, 0.4) is 0 Å². The Morgan fingerprint density at radius 3 is 2.46 bits per heavy atom.